The Balaban J connectivity index is 1.40. The summed E-state index contributed by atoms with van der Waals surface area (Å²) in [6, 6.07) is 2.05. The number of aryl methyl sites for hydroxylation is 1. The number of benzene rings is 1. The Morgan fingerprint density at radius 1 is 1.20 bits per heavy atom. The van der Waals surface area contributed by atoms with E-state index in [1.54, 1.807) is 13.8 Å². The van der Waals surface area contributed by atoms with Gasteiger partial charge in [-0.25, -0.2) is 19.0 Å². The molecule has 40 heavy (non-hydrogen) atoms. The zero-order valence-corrected chi connectivity index (χ0v) is 22.6. The average molecular weight is 591 g/mol. The number of carboxylic acids is 1. The van der Waals surface area contributed by atoms with Crippen LogP contribution in [0, 0.1) is 0 Å². The molecule has 4 heterocycles. The normalized spacial score (nSPS) is 21.9. The summed E-state index contributed by atoms with van der Waals surface area (Å²) in [5.41, 5.74) is -0.765. The first-order valence-electron chi connectivity index (χ1n) is 11.9. The van der Waals surface area contributed by atoms with E-state index in [4.69, 9.17) is 11.6 Å². The first-order valence-corrected chi connectivity index (χ1v) is 13.4. The number of phenols is 1. The SMILES string of the molecule is CC1(C)S[C@@H]2[C@H](NC(=O)[C@@H](NC(=O)c3ncn4c(=O)n(CCCl)nnc34)c3ccc(O)cc3)C(=O)N2[C@H]1C(=O)O. The van der Waals surface area contributed by atoms with E-state index >= 15 is 0 Å². The summed E-state index contributed by atoms with van der Waals surface area (Å²) in [6.07, 6.45) is 1.10. The minimum Gasteiger partial charge on any atom is -0.508 e. The van der Waals surface area contributed by atoms with E-state index < -0.39 is 57.6 Å². The molecule has 0 unspecified atom stereocenters. The number of carbonyl (C=O) groups is 4. The van der Waals surface area contributed by atoms with E-state index in [1.807, 2.05) is 0 Å². The summed E-state index contributed by atoms with van der Waals surface area (Å²) in [7, 11) is 0. The van der Waals surface area contributed by atoms with Crippen molar-refractivity contribution in [2.75, 3.05) is 5.88 Å². The van der Waals surface area contributed by atoms with Crippen molar-refractivity contribution in [2.45, 2.75) is 48.6 Å². The molecule has 2 saturated heterocycles. The van der Waals surface area contributed by atoms with Crippen LogP contribution < -0.4 is 16.3 Å². The van der Waals surface area contributed by atoms with Crippen molar-refractivity contribution in [1.29, 1.82) is 0 Å². The Morgan fingerprint density at radius 2 is 1.90 bits per heavy atom. The number of carbonyl (C=O) groups excluding carboxylic acids is 3. The van der Waals surface area contributed by atoms with E-state index in [-0.39, 0.29) is 35.1 Å². The number of hydrogen-bond donors (Lipinski definition) is 4. The fraction of sp³-hybridized carbons (Fsp3) is 0.391. The first kappa shape index (κ1) is 27.4. The monoisotopic (exact) mass is 590 g/mol. The molecule has 3 aromatic rings. The molecule has 2 aliphatic heterocycles. The third kappa shape index (κ3) is 4.52. The molecular formula is C23H23ClN8O7S. The van der Waals surface area contributed by atoms with Crippen molar-refractivity contribution in [2.24, 2.45) is 0 Å². The molecule has 0 bridgehead atoms. The molecule has 2 fully saturated rings. The van der Waals surface area contributed by atoms with Gasteiger partial charge in [-0.05, 0) is 31.5 Å². The minimum atomic E-state index is -1.36. The van der Waals surface area contributed by atoms with E-state index in [9.17, 15) is 34.2 Å². The maximum atomic E-state index is 13.5. The zero-order valence-electron chi connectivity index (χ0n) is 21.0. The van der Waals surface area contributed by atoms with Gasteiger partial charge in [0.2, 0.25) is 11.8 Å². The third-order valence-electron chi connectivity index (χ3n) is 6.66. The smallest absolute Gasteiger partial charge is 0.353 e. The number of hydrogen-bond acceptors (Lipinski definition) is 10. The highest BCUT2D eigenvalue weighted by atomic mass is 35.5. The molecule has 0 radical (unpaired) electrons. The lowest BCUT2D eigenvalue weighted by Gasteiger charge is -2.44. The second-order valence-electron chi connectivity index (χ2n) is 9.65. The Bertz CT molecular complexity index is 1590. The largest absolute Gasteiger partial charge is 0.508 e. The van der Waals surface area contributed by atoms with E-state index in [1.165, 1.54) is 40.9 Å². The predicted molar refractivity (Wildman–Crippen MR) is 140 cm³/mol. The quantitative estimate of drug-likeness (QED) is 0.191. The number of carboxylic acid groups (broad SMARTS) is 1. The fourth-order valence-electron chi connectivity index (χ4n) is 4.77. The van der Waals surface area contributed by atoms with E-state index in [0.717, 1.165) is 15.4 Å². The zero-order chi connectivity index (χ0) is 28.9. The van der Waals surface area contributed by atoms with Gasteiger partial charge in [0.15, 0.2) is 11.3 Å². The standard InChI is InChI=1S/C23H23ClN8O7S/c1-23(2)15(21(37)38)32-19(36)14(20(32)40-23)27-17(34)12(10-3-5-11(33)6-4-10)26-18(35)13-16-28-29-31(8-7-24)22(39)30(16)9-25-13/h3-6,9,12,14-15,20,33H,7-8H2,1-2H3,(H,26,35)(H,27,34)(H,37,38)/t12-,14+,15-,20+/m0/s1. The maximum absolute atomic E-state index is 13.5. The lowest BCUT2D eigenvalue weighted by atomic mass is 9.95. The van der Waals surface area contributed by atoms with E-state index in [2.05, 4.69) is 25.9 Å². The van der Waals surface area contributed by atoms with Crippen LogP contribution >= 0.6 is 23.4 Å². The summed E-state index contributed by atoms with van der Waals surface area (Å²) in [4.78, 5) is 69.2. The Kier molecular flexibility index (Phi) is 6.91. The molecule has 0 saturated carbocycles. The van der Waals surface area contributed by atoms with Crippen LogP contribution in [0.25, 0.3) is 5.65 Å². The molecule has 2 aliphatic rings. The Hall–Kier alpha value is -4.18. The number of alkyl halides is 1. The molecule has 210 valence electrons. The number of amides is 3. The Labute approximate surface area is 234 Å². The van der Waals surface area contributed by atoms with Crippen molar-refractivity contribution in [1.82, 2.24) is 39.9 Å². The second kappa shape index (κ2) is 10.1. The number of rotatable bonds is 8. The van der Waals surface area contributed by atoms with Gasteiger partial charge >= 0.3 is 11.7 Å². The number of nitrogens with one attached hydrogen (secondary N) is 2. The molecular weight excluding hydrogens is 568 g/mol. The van der Waals surface area contributed by atoms with Gasteiger partial charge in [-0.15, -0.1) is 28.5 Å². The second-order valence-corrected chi connectivity index (χ2v) is 11.8. The fourth-order valence-corrected chi connectivity index (χ4v) is 6.55. The molecule has 0 spiro atoms. The van der Waals surface area contributed by atoms with Crippen LogP contribution in [-0.2, 0) is 20.9 Å². The summed E-state index contributed by atoms with van der Waals surface area (Å²) >= 11 is 6.93. The number of aliphatic carboxylic acids is 1. The predicted octanol–water partition coefficient (Wildman–Crippen LogP) is -0.667. The van der Waals surface area contributed by atoms with Gasteiger partial charge < -0.3 is 25.7 Å². The molecule has 4 atom stereocenters. The maximum Gasteiger partial charge on any atom is 0.353 e. The Morgan fingerprint density at radius 3 is 2.55 bits per heavy atom. The van der Waals surface area contributed by atoms with Crippen LogP contribution in [0.5, 0.6) is 5.75 Å². The van der Waals surface area contributed by atoms with Crippen LogP contribution in [0.2, 0.25) is 0 Å². The highest BCUT2D eigenvalue weighted by molar-refractivity contribution is 8.01. The summed E-state index contributed by atoms with van der Waals surface area (Å²) in [5.74, 6) is -3.27. The molecule has 2 aromatic heterocycles. The van der Waals surface area contributed by atoms with Crippen molar-refractivity contribution in [3.8, 4) is 5.75 Å². The van der Waals surface area contributed by atoms with Crippen LogP contribution in [0.1, 0.15) is 35.9 Å². The van der Waals surface area contributed by atoms with E-state index in [0.29, 0.717) is 0 Å². The number of aromatic nitrogens is 5. The summed E-state index contributed by atoms with van der Waals surface area (Å²) in [5, 5.41) is 31.6. The number of imidazole rings is 1. The van der Waals surface area contributed by atoms with Crippen LogP contribution in [-0.4, -0.2) is 91.3 Å². The average Bonchev–Trinajstić information content (AvgIpc) is 3.45. The van der Waals surface area contributed by atoms with Gasteiger partial charge in [-0.2, -0.15) is 4.68 Å². The van der Waals surface area contributed by atoms with Crippen molar-refractivity contribution in [3.05, 3.63) is 52.3 Å². The lowest BCUT2D eigenvalue weighted by Crippen LogP contribution is -2.71. The molecule has 5 rings (SSSR count). The van der Waals surface area contributed by atoms with Crippen molar-refractivity contribution < 1.29 is 29.4 Å². The number of aromatic hydroxyl groups is 1. The van der Waals surface area contributed by atoms with Crippen LogP contribution in [0.15, 0.2) is 35.4 Å². The topological polar surface area (TPSA) is 201 Å². The first-order chi connectivity index (χ1) is 18.9. The number of halogens is 1. The molecule has 17 heteroatoms. The molecule has 4 N–H and O–H groups in total. The van der Waals surface area contributed by atoms with Gasteiger partial charge in [0.1, 0.15) is 35.6 Å². The summed E-state index contributed by atoms with van der Waals surface area (Å²) in [6.45, 7) is 3.51. The number of β-lactam (4-membered cyclic amide) rings is 1. The number of phenolic OH excluding ortho intramolecular Hbond substituents is 1. The number of fused-ring (bicyclic) bond motifs is 2. The molecule has 0 aliphatic carbocycles. The third-order valence-corrected chi connectivity index (χ3v) is 8.41. The highest BCUT2D eigenvalue weighted by Gasteiger charge is 2.64. The highest BCUT2D eigenvalue weighted by Crippen LogP contribution is 2.50. The van der Waals surface area contributed by atoms with Crippen LogP contribution in [0.4, 0.5) is 0 Å². The number of nitrogens with zero attached hydrogens (tertiary/aromatic N) is 6. The molecule has 3 amide bonds. The van der Waals surface area contributed by atoms with Gasteiger partial charge in [0, 0.05) is 10.6 Å². The summed E-state index contributed by atoms with van der Waals surface area (Å²) < 4.78 is 1.23. The molecule has 15 nitrogen and oxygen atoms in total. The van der Waals surface area contributed by atoms with Gasteiger partial charge in [0.25, 0.3) is 5.91 Å². The van der Waals surface area contributed by atoms with Crippen molar-refractivity contribution in [3.63, 3.8) is 0 Å². The van der Waals surface area contributed by atoms with Gasteiger partial charge in [-0.1, -0.05) is 17.3 Å². The van der Waals surface area contributed by atoms with Gasteiger partial charge in [-0.3, -0.25) is 14.4 Å². The van der Waals surface area contributed by atoms with Crippen LogP contribution in [0.3, 0.4) is 0 Å². The van der Waals surface area contributed by atoms with Crippen molar-refractivity contribution >= 4 is 52.7 Å². The molecule has 1 aromatic carbocycles. The van der Waals surface area contributed by atoms with Gasteiger partial charge in [0.05, 0.1) is 6.54 Å². The lowest BCUT2D eigenvalue weighted by molar-refractivity contribution is -0.161. The number of thioether (sulfide) groups is 1. The minimum absolute atomic E-state index is 0.0769.